The number of hydrogen-bond acceptors (Lipinski definition) is 7. The number of hydrogen-bond donors (Lipinski definition) is 3. The molecule has 0 fully saturated rings. The maximum Gasteiger partial charge on any atom is 0.160 e. The van der Waals surface area contributed by atoms with E-state index in [0.29, 0.717) is 5.82 Å². The monoisotopic (exact) mass is 351 g/mol. The molecule has 4 aromatic rings. The third-order valence-corrected chi connectivity index (χ3v) is 5.04. The van der Waals surface area contributed by atoms with E-state index in [-0.39, 0.29) is 12.1 Å². The molecule has 0 aliphatic carbocycles. The predicted octanol–water partition coefficient (Wildman–Crippen LogP) is 2.49. The summed E-state index contributed by atoms with van der Waals surface area (Å²) in [7, 11) is 0. The summed E-state index contributed by atoms with van der Waals surface area (Å²) < 4.78 is 0.951. The Bertz CT molecular complexity index is 993. The molecule has 0 radical (unpaired) electrons. The van der Waals surface area contributed by atoms with Crippen LogP contribution in [0.3, 0.4) is 0 Å². The van der Waals surface area contributed by atoms with Crippen LogP contribution in [0.1, 0.15) is 18.7 Å². The summed E-state index contributed by atoms with van der Waals surface area (Å²) in [4.78, 5) is 13.6. The van der Waals surface area contributed by atoms with Crippen molar-refractivity contribution in [1.82, 2.24) is 25.1 Å². The summed E-state index contributed by atoms with van der Waals surface area (Å²) >= 11 is 1.57. The van der Waals surface area contributed by atoms with E-state index < -0.39 is 0 Å². The molecule has 4 aromatic heterocycles. The Labute approximate surface area is 148 Å². The second-order valence-electron chi connectivity index (χ2n) is 5.85. The largest absolute Gasteiger partial charge is 0.326 e. The molecule has 0 saturated carbocycles. The molecule has 0 aliphatic rings. The Balaban J connectivity index is 1.99. The Morgan fingerprint density at radius 3 is 2.56 bits per heavy atom. The molecule has 5 N–H and O–H groups in total. The van der Waals surface area contributed by atoms with Crippen molar-refractivity contribution in [3.05, 3.63) is 47.9 Å². The zero-order valence-electron chi connectivity index (χ0n) is 13.5. The van der Waals surface area contributed by atoms with Gasteiger partial charge in [0, 0.05) is 41.1 Å². The number of H-pyrrole nitrogens is 1. The number of aromatic nitrogens is 5. The van der Waals surface area contributed by atoms with E-state index in [4.69, 9.17) is 21.4 Å². The van der Waals surface area contributed by atoms with E-state index in [1.807, 2.05) is 30.5 Å². The lowest BCUT2D eigenvalue weighted by molar-refractivity contribution is 0.579. The Morgan fingerprint density at radius 1 is 1.08 bits per heavy atom. The van der Waals surface area contributed by atoms with Crippen molar-refractivity contribution < 1.29 is 0 Å². The zero-order valence-corrected chi connectivity index (χ0v) is 14.4. The van der Waals surface area contributed by atoms with Crippen LogP contribution in [0, 0.1) is 0 Å². The lowest BCUT2D eigenvalue weighted by Crippen LogP contribution is -2.32. The van der Waals surface area contributed by atoms with Crippen LogP contribution in [-0.4, -0.2) is 31.2 Å². The van der Waals surface area contributed by atoms with Crippen LogP contribution in [-0.2, 0) is 0 Å². The first kappa shape index (κ1) is 15.8. The molecule has 7 nitrogen and oxygen atoms in total. The molecular weight excluding hydrogens is 334 g/mol. The number of aromatic amines is 1. The fourth-order valence-corrected chi connectivity index (χ4v) is 3.69. The molecule has 0 saturated heterocycles. The van der Waals surface area contributed by atoms with Crippen molar-refractivity contribution in [1.29, 1.82) is 0 Å². The fourth-order valence-electron chi connectivity index (χ4n) is 2.64. The van der Waals surface area contributed by atoms with Crippen molar-refractivity contribution in [3.63, 3.8) is 0 Å². The van der Waals surface area contributed by atoms with Gasteiger partial charge < -0.3 is 11.5 Å². The van der Waals surface area contributed by atoms with Crippen molar-refractivity contribution >= 4 is 21.6 Å². The molecule has 0 aliphatic heterocycles. The topological polar surface area (TPSA) is 119 Å². The molecule has 4 rings (SSSR count). The van der Waals surface area contributed by atoms with E-state index >= 15 is 0 Å². The smallest absolute Gasteiger partial charge is 0.160 e. The minimum absolute atomic E-state index is 0.221. The number of nitrogens with two attached hydrogens (primary N) is 2. The number of rotatable bonds is 4. The van der Waals surface area contributed by atoms with E-state index in [2.05, 4.69) is 15.2 Å². The third-order valence-electron chi connectivity index (χ3n) is 4.05. The lowest BCUT2D eigenvalue weighted by atomic mass is 10.1. The van der Waals surface area contributed by atoms with Gasteiger partial charge in [-0.05, 0) is 25.1 Å². The van der Waals surface area contributed by atoms with E-state index in [0.717, 1.165) is 32.7 Å². The third kappa shape index (κ3) is 2.80. The average Bonchev–Trinajstić information content (AvgIpc) is 3.30. The fraction of sp³-hybridized carbons (Fsp3) is 0.176. The summed E-state index contributed by atoms with van der Waals surface area (Å²) in [5.74, 6) is 0.611. The minimum Gasteiger partial charge on any atom is -0.326 e. The van der Waals surface area contributed by atoms with Gasteiger partial charge in [0.05, 0.1) is 27.6 Å². The molecule has 126 valence electrons. The van der Waals surface area contributed by atoms with Gasteiger partial charge in [-0.25, -0.2) is 9.97 Å². The predicted molar refractivity (Wildman–Crippen MR) is 98.8 cm³/mol. The van der Waals surface area contributed by atoms with Gasteiger partial charge >= 0.3 is 0 Å². The van der Waals surface area contributed by atoms with Crippen LogP contribution in [0.2, 0.25) is 0 Å². The van der Waals surface area contributed by atoms with Crippen molar-refractivity contribution in [3.8, 4) is 22.6 Å². The highest BCUT2D eigenvalue weighted by molar-refractivity contribution is 7.17. The van der Waals surface area contributed by atoms with Crippen LogP contribution in [0.5, 0.6) is 0 Å². The molecule has 4 heterocycles. The molecule has 0 bridgehead atoms. The van der Waals surface area contributed by atoms with Gasteiger partial charge in [0.2, 0.25) is 0 Å². The maximum absolute atomic E-state index is 6.34. The van der Waals surface area contributed by atoms with Crippen LogP contribution < -0.4 is 11.5 Å². The highest BCUT2D eigenvalue weighted by atomic mass is 32.1. The standard InChI is InChI=1S/C17H17N7S/c1-9(18)13(19)15-16-14(11(8-25-16)12-4-7-21-24-12)22-17(23-15)10-2-5-20-6-3-10/h2-9,13H,18-19H2,1H3,(H,21,24). The normalized spacial score (nSPS) is 13.9. The van der Waals surface area contributed by atoms with E-state index in [1.165, 1.54) is 0 Å². The first-order valence-corrected chi connectivity index (χ1v) is 8.73. The summed E-state index contributed by atoms with van der Waals surface area (Å²) in [5, 5.41) is 9.07. The van der Waals surface area contributed by atoms with E-state index in [1.54, 1.807) is 29.9 Å². The van der Waals surface area contributed by atoms with Gasteiger partial charge in [0.1, 0.15) is 0 Å². The molecule has 0 amide bonds. The average molecular weight is 351 g/mol. The number of pyridine rings is 1. The van der Waals surface area contributed by atoms with E-state index in [9.17, 15) is 0 Å². The van der Waals surface area contributed by atoms with Crippen LogP contribution >= 0.6 is 11.3 Å². The molecule has 2 unspecified atom stereocenters. The maximum atomic E-state index is 6.34. The Morgan fingerprint density at radius 2 is 1.88 bits per heavy atom. The molecular formula is C17H17N7S. The summed E-state index contributed by atoms with van der Waals surface area (Å²) in [6.07, 6.45) is 5.16. The molecule has 0 spiro atoms. The molecule has 8 heteroatoms. The van der Waals surface area contributed by atoms with Gasteiger partial charge in [-0.2, -0.15) is 5.10 Å². The van der Waals surface area contributed by atoms with Crippen molar-refractivity contribution in [2.24, 2.45) is 11.5 Å². The van der Waals surface area contributed by atoms with Crippen LogP contribution in [0.15, 0.2) is 42.2 Å². The minimum atomic E-state index is -0.376. The number of thiophene rings is 1. The quantitative estimate of drug-likeness (QED) is 0.519. The number of nitrogens with one attached hydrogen (secondary N) is 1. The highest BCUT2D eigenvalue weighted by Gasteiger charge is 2.22. The molecule has 2 atom stereocenters. The first-order valence-electron chi connectivity index (χ1n) is 7.85. The zero-order chi connectivity index (χ0) is 17.4. The number of fused-ring (bicyclic) bond motifs is 1. The van der Waals surface area contributed by atoms with Gasteiger partial charge in [-0.1, -0.05) is 0 Å². The Kier molecular flexibility index (Phi) is 4.00. The first-order chi connectivity index (χ1) is 12.1. The summed E-state index contributed by atoms with van der Waals surface area (Å²) in [5.41, 5.74) is 16.8. The number of nitrogens with zero attached hydrogens (tertiary/aromatic N) is 4. The van der Waals surface area contributed by atoms with Crippen LogP contribution in [0.25, 0.3) is 32.9 Å². The van der Waals surface area contributed by atoms with Gasteiger partial charge in [-0.3, -0.25) is 10.1 Å². The second kappa shape index (κ2) is 6.32. The Hall–Kier alpha value is -2.68. The lowest BCUT2D eigenvalue weighted by Gasteiger charge is -2.16. The SMILES string of the molecule is CC(N)C(N)c1nc(-c2ccncc2)nc2c(-c3ccn[nH]3)csc12. The van der Waals surface area contributed by atoms with Gasteiger partial charge in [-0.15, -0.1) is 11.3 Å². The molecule has 0 aromatic carbocycles. The van der Waals surface area contributed by atoms with Crippen LogP contribution in [0.4, 0.5) is 0 Å². The highest BCUT2D eigenvalue weighted by Crippen LogP contribution is 2.36. The van der Waals surface area contributed by atoms with Gasteiger partial charge in [0.25, 0.3) is 0 Å². The molecule has 25 heavy (non-hydrogen) atoms. The summed E-state index contributed by atoms with van der Waals surface area (Å²) in [6, 6.07) is 5.08. The van der Waals surface area contributed by atoms with Crippen molar-refractivity contribution in [2.45, 2.75) is 19.0 Å². The second-order valence-corrected chi connectivity index (χ2v) is 6.73. The summed E-state index contributed by atoms with van der Waals surface area (Å²) in [6.45, 7) is 1.88. The van der Waals surface area contributed by atoms with Crippen molar-refractivity contribution in [2.75, 3.05) is 0 Å². The van der Waals surface area contributed by atoms with Gasteiger partial charge in [0.15, 0.2) is 5.82 Å².